The van der Waals surface area contributed by atoms with Crippen LogP contribution in [0.3, 0.4) is 0 Å². The largest absolute Gasteiger partial charge is 0.472 e. The van der Waals surface area contributed by atoms with Crippen molar-refractivity contribution < 1.29 is 12.8 Å². The van der Waals surface area contributed by atoms with Crippen LogP contribution in [0.25, 0.3) is 11.1 Å². The number of rotatable bonds is 3. The Labute approximate surface area is 152 Å². The number of aromatic nitrogens is 1. The first-order chi connectivity index (χ1) is 12.6. The molecule has 6 heteroatoms. The van der Waals surface area contributed by atoms with Gasteiger partial charge in [-0.3, -0.25) is 9.88 Å². The highest BCUT2D eigenvalue weighted by molar-refractivity contribution is 7.92. The van der Waals surface area contributed by atoms with E-state index in [1.807, 2.05) is 30.3 Å². The van der Waals surface area contributed by atoms with Crippen molar-refractivity contribution in [1.29, 1.82) is 0 Å². The summed E-state index contributed by atoms with van der Waals surface area (Å²) in [6.45, 7) is 2.08. The molecule has 0 spiro atoms. The van der Waals surface area contributed by atoms with Gasteiger partial charge in [0.05, 0.1) is 22.7 Å². The maximum atomic E-state index is 13.0. The predicted octanol–water partition coefficient (Wildman–Crippen LogP) is 3.10. The fourth-order valence-electron chi connectivity index (χ4n) is 4.21. The van der Waals surface area contributed by atoms with E-state index < -0.39 is 9.84 Å². The Morgan fingerprint density at radius 3 is 2.69 bits per heavy atom. The zero-order valence-corrected chi connectivity index (χ0v) is 14.9. The molecule has 2 aliphatic rings. The minimum absolute atomic E-state index is 0.0312. The van der Waals surface area contributed by atoms with Crippen molar-refractivity contribution in [2.75, 3.05) is 13.1 Å². The van der Waals surface area contributed by atoms with Crippen LogP contribution >= 0.6 is 0 Å². The average molecular weight is 366 g/mol. The topological polar surface area (TPSA) is 63.4 Å². The van der Waals surface area contributed by atoms with Gasteiger partial charge in [0.2, 0.25) is 0 Å². The number of hydrogen-bond acceptors (Lipinski definition) is 5. The minimum Gasteiger partial charge on any atom is -0.472 e. The van der Waals surface area contributed by atoms with Crippen LogP contribution in [0.15, 0.2) is 70.6 Å². The lowest BCUT2D eigenvalue weighted by Gasteiger charge is -2.17. The number of fused-ring (bicyclic) bond motifs is 3. The zero-order valence-electron chi connectivity index (χ0n) is 14.1. The normalized spacial score (nSPS) is 23.7. The van der Waals surface area contributed by atoms with Crippen molar-refractivity contribution in [2.45, 2.75) is 22.6 Å². The highest BCUT2D eigenvalue weighted by atomic mass is 32.2. The third kappa shape index (κ3) is 2.40. The van der Waals surface area contributed by atoms with Gasteiger partial charge in [-0.1, -0.05) is 6.07 Å². The van der Waals surface area contributed by atoms with Gasteiger partial charge in [-0.25, -0.2) is 8.42 Å². The van der Waals surface area contributed by atoms with Crippen LogP contribution in [-0.2, 0) is 16.4 Å². The van der Waals surface area contributed by atoms with Crippen LogP contribution in [0, 0.1) is 0 Å². The number of benzene rings is 1. The Bertz CT molecular complexity index is 1050. The first-order valence-electron chi connectivity index (χ1n) is 8.64. The average Bonchev–Trinajstić information content (AvgIpc) is 3.35. The van der Waals surface area contributed by atoms with Crippen LogP contribution in [0.2, 0.25) is 0 Å². The molecule has 3 aromatic rings. The van der Waals surface area contributed by atoms with Gasteiger partial charge in [-0.05, 0) is 47.0 Å². The van der Waals surface area contributed by atoms with Crippen molar-refractivity contribution in [3.63, 3.8) is 0 Å². The summed E-state index contributed by atoms with van der Waals surface area (Å²) in [7, 11) is -3.27. The quantitative estimate of drug-likeness (QED) is 0.713. The zero-order chi connectivity index (χ0) is 17.7. The fraction of sp³-hybridized carbons (Fsp3) is 0.250. The minimum atomic E-state index is -3.27. The number of furan rings is 1. The molecular weight excluding hydrogens is 348 g/mol. The van der Waals surface area contributed by atoms with Gasteiger partial charge in [0.1, 0.15) is 0 Å². The summed E-state index contributed by atoms with van der Waals surface area (Å²) in [5.74, 6) is 0.0312. The van der Waals surface area contributed by atoms with Crippen LogP contribution in [0.1, 0.15) is 17.0 Å². The predicted molar refractivity (Wildman–Crippen MR) is 97.4 cm³/mol. The highest BCUT2D eigenvalue weighted by Crippen LogP contribution is 2.46. The molecule has 132 valence electrons. The summed E-state index contributed by atoms with van der Waals surface area (Å²) in [5.41, 5.74) is 4.08. The number of hydrogen-bond donors (Lipinski definition) is 0. The van der Waals surface area contributed by atoms with Gasteiger partial charge in [-0.2, -0.15) is 0 Å². The van der Waals surface area contributed by atoms with Gasteiger partial charge in [-0.15, -0.1) is 0 Å². The first-order valence-corrected chi connectivity index (χ1v) is 10.2. The summed E-state index contributed by atoms with van der Waals surface area (Å²) in [5, 5.41) is -0.348. The van der Waals surface area contributed by atoms with Crippen molar-refractivity contribution in [2.24, 2.45) is 0 Å². The SMILES string of the molecule is O=S1(=O)c2ccc(-c3ccoc3)cc2[C@H]2CN(Cc3ccncc3)C[C@@H]21. The highest BCUT2D eigenvalue weighted by Gasteiger charge is 2.50. The van der Waals surface area contributed by atoms with Gasteiger partial charge in [0.25, 0.3) is 0 Å². The third-order valence-electron chi connectivity index (χ3n) is 5.47. The second kappa shape index (κ2) is 5.79. The van der Waals surface area contributed by atoms with E-state index in [-0.39, 0.29) is 11.2 Å². The molecule has 0 aliphatic carbocycles. The maximum Gasteiger partial charge on any atom is 0.183 e. The molecule has 5 rings (SSSR count). The molecule has 1 fully saturated rings. The van der Waals surface area contributed by atoms with Crippen molar-refractivity contribution in [3.05, 3.63) is 72.4 Å². The molecule has 1 saturated heterocycles. The van der Waals surface area contributed by atoms with Crippen LogP contribution < -0.4 is 0 Å². The van der Waals surface area contributed by atoms with E-state index >= 15 is 0 Å². The molecule has 26 heavy (non-hydrogen) atoms. The molecule has 5 nitrogen and oxygen atoms in total. The Morgan fingerprint density at radius 2 is 1.92 bits per heavy atom. The van der Waals surface area contributed by atoms with Gasteiger partial charge < -0.3 is 4.42 Å². The lowest BCUT2D eigenvalue weighted by atomic mass is 9.95. The van der Waals surface area contributed by atoms with Crippen LogP contribution in [-0.4, -0.2) is 36.6 Å². The molecular formula is C20H18N2O3S. The van der Waals surface area contributed by atoms with E-state index in [4.69, 9.17) is 4.42 Å². The monoisotopic (exact) mass is 366 g/mol. The molecule has 2 aliphatic heterocycles. The van der Waals surface area contributed by atoms with E-state index in [0.29, 0.717) is 11.4 Å². The van der Waals surface area contributed by atoms with E-state index in [1.165, 1.54) is 0 Å². The van der Waals surface area contributed by atoms with Crippen LogP contribution in [0.4, 0.5) is 0 Å². The van der Waals surface area contributed by atoms with Gasteiger partial charge >= 0.3 is 0 Å². The third-order valence-corrected chi connectivity index (χ3v) is 7.73. The number of likely N-dealkylation sites (tertiary alicyclic amines) is 1. The van der Waals surface area contributed by atoms with Gasteiger partial charge in [0.15, 0.2) is 9.84 Å². The standard InChI is InChI=1S/C20H18N2O3S/c23-26(24)19-2-1-15(16-5-8-25-13-16)9-17(19)18-11-22(12-20(18)26)10-14-3-6-21-7-4-14/h1-9,13,18,20H,10-12H2/t18-,20+/m1/s1. The molecule has 2 aromatic heterocycles. The Kier molecular flexibility index (Phi) is 3.52. The number of sulfone groups is 1. The summed E-state index contributed by atoms with van der Waals surface area (Å²) < 4.78 is 31.2. The van der Waals surface area contributed by atoms with Crippen molar-refractivity contribution in [3.8, 4) is 11.1 Å². The molecule has 4 heterocycles. The molecule has 2 atom stereocenters. The Morgan fingerprint density at radius 1 is 1.08 bits per heavy atom. The van der Waals surface area contributed by atoms with Crippen molar-refractivity contribution in [1.82, 2.24) is 9.88 Å². The van der Waals surface area contributed by atoms with Gasteiger partial charge in [0, 0.05) is 43.5 Å². The Balaban J connectivity index is 1.49. The smallest absolute Gasteiger partial charge is 0.183 e. The summed E-state index contributed by atoms with van der Waals surface area (Å²) in [6.07, 6.45) is 6.87. The Hall–Kier alpha value is -2.44. The number of pyridine rings is 1. The maximum absolute atomic E-state index is 13.0. The molecule has 0 radical (unpaired) electrons. The fourth-order valence-corrected chi connectivity index (χ4v) is 6.40. The molecule has 0 bridgehead atoms. The molecule has 1 aromatic carbocycles. The molecule has 0 amide bonds. The molecule has 0 saturated carbocycles. The summed E-state index contributed by atoms with van der Waals surface area (Å²) >= 11 is 0. The van der Waals surface area contributed by atoms with Crippen LogP contribution in [0.5, 0.6) is 0 Å². The van der Waals surface area contributed by atoms with E-state index in [2.05, 4.69) is 9.88 Å². The lowest BCUT2D eigenvalue weighted by molar-refractivity contribution is 0.325. The summed E-state index contributed by atoms with van der Waals surface area (Å²) in [4.78, 5) is 6.78. The summed E-state index contributed by atoms with van der Waals surface area (Å²) in [6, 6.07) is 11.5. The van der Waals surface area contributed by atoms with Crippen molar-refractivity contribution >= 4 is 9.84 Å². The second-order valence-corrected chi connectivity index (χ2v) is 9.14. The van der Waals surface area contributed by atoms with E-state index in [9.17, 15) is 8.42 Å². The molecule has 0 N–H and O–H groups in total. The van der Waals surface area contributed by atoms with E-state index in [1.54, 1.807) is 31.0 Å². The first kappa shape index (κ1) is 15.8. The van der Waals surface area contributed by atoms with E-state index in [0.717, 1.165) is 35.3 Å². The number of nitrogens with zero attached hydrogens (tertiary/aromatic N) is 2. The lowest BCUT2D eigenvalue weighted by Crippen LogP contribution is -2.25. The molecule has 0 unspecified atom stereocenters. The second-order valence-electron chi connectivity index (χ2n) is 7.00.